The van der Waals surface area contributed by atoms with Crippen LogP contribution in [-0.2, 0) is 9.53 Å². The summed E-state index contributed by atoms with van der Waals surface area (Å²) in [6, 6.07) is 8.04. The zero-order valence-corrected chi connectivity index (χ0v) is 12.9. The monoisotopic (exact) mass is 303 g/mol. The molecule has 1 aliphatic heterocycles. The number of esters is 1. The molecule has 0 N–H and O–H groups in total. The summed E-state index contributed by atoms with van der Waals surface area (Å²) in [7, 11) is 1.39. The van der Waals surface area contributed by atoms with Gasteiger partial charge in [-0.1, -0.05) is 18.2 Å². The highest BCUT2D eigenvalue weighted by atomic mass is 32.1. The fraction of sp³-hybridized carbons (Fsp3) is 0.375. The number of aryl methyl sites for hydroxylation is 1. The molecule has 0 aliphatic carbocycles. The third kappa shape index (κ3) is 2.42. The SMILES string of the molecule is COC(=O)C1CCN(C(=O)c2sc3ccccc3c2C)C1. The molecule has 1 atom stereocenters. The first-order valence-corrected chi connectivity index (χ1v) is 7.78. The topological polar surface area (TPSA) is 46.6 Å². The van der Waals surface area contributed by atoms with Crippen LogP contribution in [0.25, 0.3) is 10.1 Å². The maximum atomic E-state index is 12.7. The van der Waals surface area contributed by atoms with E-state index in [0.29, 0.717) is 19.5 Å². The first-order chi connectivity index (χ1) is 10.1. The molecule has 0 saturated carbocycles. The molecule has 0 radical (unpaired) electrons. The Morgan fingerprint density at radius 2 is 2.10 bits per heavy atom. The zero-order valence-electron chi connectivity index (χ0n) is 12.1. The van der Waals surface area contributed by atoms with Gasteiger partial charge < -0.3 is 9.64 Å². The van der Waals surface area contributed by atoms with E-state index in [1.165, 1.54) is 18.4 Å². The summed E-state index contributed by atoms with van der Waals surface area (Å²) in [6.45, 7) is 3.06. The number of fused-ring (bicyclic) bond motifs is 1. The molecule has 2 heterocycles. The number of nitrogens with zero attached hydrogens (tertiary/aromatic N) is 1. The first kappa shape index (κ1) is 14.1. The molecule has 1 saturated heterocycles. The maximum absolute atomic E-state index is 12.7. The van der Waals surface area contributed by atoms with Crippen molar-refractivity contribution in [1.82, 2.24) is 4.90 Å². The minimum absolute atomic E-state index is 0.0279. The highest BCUT2D eigenvalue weighted by Crippen LogP contribution is 2.32. The van der Waals surface area contributed by atoms with Crippen molar-refractivity contribution in [2.75, 3.05) is 20.2 Å². The minimum atomic E-state index is -0.224. The van der Waals surface area contributed by atoms with E-state index in [2.05, 4.69) is 0 Å². The van der Waals surface area contributed by atoms with Gasteiger partial charge in [-0.25, -0.2) is 0 Å². The van der Waals surface area contributed by atoms with E-state index in [1.807, 2.05) is 31.2 Å². The predicted molar refractivity (Wildman–Crippen MR) is 82.6 cm³/mol. The number of rotatable bonds is 2. The fourth-order valence-corrected chi connectivity index (χ4v) is 4.00. The van der Waals surface area contributed by atoms with Crippen LogP contribution in [0.3, 0.4) is 0 Å². The molecule has 5 heteroatoms. The van der Waals surface area contributed by atoms with Gasteiger partial charge in [-0.2, -0.15) is 0 Å². The lowest BCUT2D eigenvalue weighted by atomic mass is 10.1. The van der Waals surface area contributed by atoms with Crippen molar-refractivity contribution in [3.8, 4) is 0 Å². The summed E-state index contributed by atoms with van der Waals surface area (Å²) in [4.78, 5) is 26.8. The van der Waals surface area contributed by atoms with Gasteiger partial charge in [0.15, 0.2) is 0 Å². The third-order valence-electron chi connectivity index (χ3n) is 4.05. The van der Waals surface area contributed by atoms with E-state index >= 15 is 0 Å². The van der Waals surface area contributed by atoms with Gasteiger partial charge in [-0.05, 0) is 30.4 Å². The van der Waals surface area contributed by atoms with Crippen molar-refractivity contribution < 1.29 is 14.3 Å². The van der Waals surface area contributed by atoms with Crippen molar-refractivity contribution in [3.05, 3.63) is 34.7 Å². The Bertz CT molecular complexity index is 707. The normalized spacial score (nSPS) is 18.2. The van der Waals surface area contributed by atoms with E-state index in [-0.39, 0.29) is 17.8 Å². The maximum Gasteiger partial charge on any atom is 0.310 e. The molecule has 1 amide bonds. The smallest absolute Gasteiger partial charge is 0.310 e. The van der Waals surface area contributed by atoms with E-state index in [4.69, 9.17) is 4.74 Å². The van der Waals surface area contributed by atoms with Crippen molar-refractivity contribution in [2.24, 2.45) is 5.92 Å². The minimum Gasteiger partial charge on any atom is -0.469 e. The van der Waals surface area contributed by atoms with Crippen LogP contribution >= 0.6 is 11.3 Å². The number of ether oxygens (including phenoxy) is 1. The lowest BCUT2D eigenvalue weighted by Crippen LogP contribution is -2.30. The highest BCUT2D eigenvalue weighted by molar-refractivity contribution is 7.21. The van der Waals surface area contributed by atoms with Gasteiger partial charge in [0.1, 0.15) is 0 Å². The van der Waals surface area contributed by atoms with Crippen LogP contribution in [0.4, 0.5) is 0 Å². The van der Waals surface area contributed by atoms with Crippen molar-refractivity contribution >= 4 is 33.3 Å². The lowest BCUT2D eigenvalue weighted by molar-refractivity contribution is -0.144. The second-order valence-electron chi connectivity index (χ2n) is 5.31. The third-order valence-corrected chi connectivity index (χ3v) is 5.31. The molecule has 1 unspecified atom stereocenters. The summed E-state index contributed by atoms with van der Waals surface area (Å²) in [5.41, 5.74) is 1.03. The van der Waals surface area contributed by atoms with Gasteiger partial charge in [-0.3, -0.25) is 9.59 Å². The summed E-state index contributed by atoms with van der Waals surface area (Å²) in [6.07, 6.45) is 0.683. The number of thiophene rings is 1. The summed E-state index contributed by atoms with van der Waals surface area (Å²) in [5, 5.41) is 1.13. The van der Waals surface area contributed by atoms with Crippen molar-refractivity contribution in [1.29, 1.82) is 0 Å². The Kier molecular flexibility index (Phi) is 3.68. The fourth-order valence-electron chi connectivity index (χ4n) is 2.83. The number of methoxy groups -OCH3 is 1. The highest BCUT2D eigenvalue weighted by Gasteiger charge is 2.33. The Balaban J connectivity index is 1.85. The van der Waals surface area contributed by atoms with Crippen LogP contribution in [0.5, 0.6) is 0 Å². The van der Waals surface area contributed by atoms with Gasteiger partial charge in [0.25, 0.3) is 5.91 Å². The number of hydrogen-bond acceptors (Lipinski definition) is 4. The van der Waals surface area contributed by atoms with Crippen molar-refractivity contribution in [3.63, 3.8) is 0 Å². The average molecular weight is 303 g/mol. The van der Waals surface area contributed by atoms with Crippen LogP contribution in [0.2, 0.25) is 0 Å². The zero-order chi connectivity index (χ0) is 15.0. The number of hydrogen-bond donors (Lipinski definition) is 0. The molecular weight excluding hydrogens is 286 g/mol. The molecular formula is C16H17NO3S. The van der Waals surface area contributed by atoms with E-state index in [1.54, 1.807) is 4.90 Å². The summed E-state index contributed by atoms with van der Waals surface area (Å²) in [5.74, 6) is -0.382. The Morgan fingerprint density at radius 1 is 1.33 bits per heavy atom. The molecule has 1 aliphatic rings. The van der Waals surface area contributed by atoms with Gasteiger partial charge in [0, 0.05) is 17.8 Å². The van der Waals surface area contributed by atoms with Crippen LogP contribution in [0, 0.1) is 12.8 Å². The van der Waals surface area contributed by atoms with E-state index in [9.17, 15) is 9.59 Å². The molecule has 0 spiro atoms. The molecule has 1 aromatic carbocycles. The molecule has 21 heavy (non-hydrogen) atoms. The summed E-state index contributed by atoms with van der Waals surface area (Å²) >= 11 is 1.53. The van der Waals surface area contributed by atoms with Gasteiger partial charge in [0.2, 0.25) is 0 Å². The van der Waals surface area contributed by atoms with Crippen LogP contribution < -0.4 is 0 Å². The molecule has 1 fully saturated rings. The quantitative estimate of drug-likeness (QED) is 0.802. The molecule has 4 nitrogen and oxygen atoms in total. The number of carbonyl (C=O) groups is 2. The lowest BCUT2D eigenvalue weighted by Gasteiger charge is -2.15. The van der Waals surface area contributed by atoms with E-state index < -0.39 is 0 Å². The molecule has 0 bridgehead atoms. The first-order valence-electron chi connectivity index (χ1n) is 6.97. The number of benzene rings is 1. The molecule has 110 valence electrons. The predicted octanol–water partition coefficient (Wildman–Crippen LogP) is 2.84. The second kappa shape index (κ2) is 5.48. The average Bonchev–Trinajstić information content (AvgIpc) is 3.12. The van der Waals surface area contributed by atoms with Crippen LogP contribution in [-0.4, -0.2) is 37.0 Å². The second-order valence-corrected chi connectivity index (χ2v) is 6.36. The number of amides is 1. The Hall–Kier alpha value is -1.88. The molecule has 1 aromatic heterocycles. The largest absolute Gasteiger partial charge is 0.469 e. The van der Waals surface area contributed by atoms with E-state index in [0.717, 1.165) is 20.5 Å². The van der Waals surface area contributed by atoms with Gasteiger partial charge in [0.05, 0.1) is 17.9 Å². The van der Waals surface area contributed by atoms with Crippen LogP contribution in [0.15, 0.2) is 24.3 Å². The summed E-state index contributed by atoms with van der Waals surface area (Å²) < 4.78 is 5.89. The molecule has 2 aromatic rings. The standard InChI is InChI=1S/C16H17NO3S/c1-10-12-5-3-4-6-13(12)21-14(10)15(18)17-8-7-11(9-17)16(19)20-2/h3-6,11H,7-9H2,1-2H3. The van der Waals surface area contributed by atoms with Crippen LogP contribution in [0.1, 0.15) is 21.7 Å². The van der Waals surface area contributed by atoms with Crippen molar-refractivity contribution in [2.45, 2.75) is 13.3 Å². The molecule has 3 rings (SSSR count). The Labute approximate surface area is 127 Å². The number of likely N-dealkylation sites (tertiary alicyclic amines) is 1. The van der Waals surface area contributed by atoms with Gasteiger partial charge in [-0.15, -0.1) is 11.3 Å². The van der Waals surface area contributed by atoms with Gasteiger partial charge >= 0.3 is 5.97 Å². The number of carbonyl (C=O) groups excluding carboxylic acids is 2. The Morgan fingerprint density at radius 3 is 2.81 bits per heavy atom.